The summed E-state index contributed by atoms with van der Waals surface area (Å²) in [4.78, 5) is 35.8. The average molecular weight is 468 g/mol. The third-order valence-corrected chi connectivity index (χ3v) is 6.51. The zero-order valence-corrected chi connectivity index (χ0v) is 18.5. The highest BCUT2D eigenvalue weighted by Crippen LogP contribution is 2.16. The maximum Gasteiger partial charge on any atom is 0.338 e. The summed E-state index contributed by atoms with van der Waals surface area (Å²) in [5.41, 5.74) is 4.67. The van der Waals surface area contributed by atoms with Gasteiger partial charge in [0.2, 0.25) is 10.0 Å². The molecule has 2 rings (SSSR count). The Balaban J connectivity index is 1.87. The number of hydrogen-bond donors (Lipinski definition) is 2. The zero-order chi connectivity index (χ0) is 23.0. The number of amides is 2. The van der Waals surface area contributed by atoms with Gasteiger partial charge in [-0.3, -0.25) is 20.4 Å². The molecule has 0 fully saturated rings. The van der Waals surface area contributed by atoms with Gasteiger partial charge >= 0.3 is 5.97 Å². The summed E-state index contributed by atoms with van der Waals surface area (Å²) in [7, 11) is -3.64. The molecule has 2 aromatic carbocycles. The van der Waals surface area contributed by atoms with Crippen molar-refractivity contribution in [1.82, 2.24) is 15.2 Å². The van der Waals surface area contributed by atoms with Crippen LogP contribution in [0.3, 0.4) is 0 Å². The van der Waals surface area contributed by atoms with E-state index in [4.69, 9.17) is 16.3 Å². The highest BCUT2D eigenvalue weighted by molar-refractivity contribution is 7.89. The van der Waals surface area contributed by atoms with E-state index in [0.29, 0.717) is 18.1 Å². The van der Waals surface area contributed by atoms with Crippen LogP contribution in [0.2, 0.25) is 5.02 Å². The van der Waals surface area contributed by atoms with Gasteiger partial charge in [-0.15, -0.1) is 0 Å². The van der Waals surface area contributed by atoms with E-state index in [1.807, 2.05) is 0 Å². The topological polar surface area (TPSA) is 122 Å². The molecule has 9 nitrogen and oxygen atoms in total. The van der Waals surface area contributed by atoms with Crippen molar-refractivity contribution in [3.05, 3.63) is 64.7 Å². The first kappa shape index (κ1) is 24.3. The average Bonchev–Trinajstić information content (AvgIpc) is 2.77. The van der Waals surface area contributed by atoms with Crippen molar-refractivity contribution in [2.45, 2.75) is 18.7 Å². The van der Waals surface area contributed by atoms with E-state index < -0.39 is 34.4 Å². The number of esters is 1. The minimum absolute atomic E-state index is 0.0513. The van der Waals surface area contributed by atoms with Crippen LogP contribution >= 0.6 is 11.6 Å². The number of carbonyl (C=O) groups excluding carboxylic acids is 3. The molecule has 0 aliphatic rings. The Kier molecular flexibility index (Phi) is 8.55. The van der Waals surface area contributed by atoms with Gasteiger partial charge in [0.1, 0.15) is 0 Å². The summed E-state index contributed by atoms with van der Waals surface area (Å²) in [5.74, 6) is -2.14. The normalized spacial score (nSPS) is 11.1. The molecule has 0 aliphatic heterocycles. The molecular formula is C20H22ClN3O6S. The van der Waals surface area contributed by atoms with E-state index in [9.17, 15) is 22.8 Å². The first-order chi connectivity index (χ1) is 14.7. The van der Waals surface area contributed by atoms with Crippen molar-refractivity contribution >= 4 is 39.4 Å². The Hall–Kier alpha value is -2.95. The lowest BCUT2D eigenvalue weighted by molar-refractivity contribution is -0.125. The van der Waals surface area contributed by atoms with Crippen LogP contribution in [-0.4, -0.2) is 50.2 Å². The second-order valence-corrected chi connectivity index (χ2v) is 8.57. The van der Waals surface area contributed by atoms with E-state index in [2.05, 4.69) is 10.9 Å². The lowest BCUT2D eigenvalue weighted by Crippen LogP contribution is -2.43. The number of rotatable bonds is 8. The van der Waals surface area contributed by atoms with Crippen LogP contribution in [0.4, 0.5) is 0 Å². The number of hydrogen-bond acceptors (Lipinski definition) is 6. The minimum atomic E-state index is -3.64. The highest BCUT2D eigenvalue weighted by Gasteiger charge is 2.22. The van der Waals surface area contributed by atoms with Crippen molar-refractivity contribution in [2.75, 3.05) is 19.7 Å². The number of hydrazine groups is 1. The van der Waals surface area contributed by atoms with Crippen molar-refractivity contribution < 1.29 is 27.5 Å². The van der Waals surface area contributed by atoms with Gasteiger partial charge in [-0.2, -0.15) is 4.31 Å². The number of ether oxygens (including phenoxy) is 1. The fraction of sp³-hybridized carbons (Fsp3) is 0.250. The maximum absolute atomic E-state index is 12.5. The molecule has 166 valence electrons. The molecule has 0 spiro atoms. The second-order valence-electron chi connectivity index (χ2n) is 6.20. The molecule has 0 unspecified atom stereocenters. The monoisotopic (exact) mass is 467 g/mol. The largest absolute Gasteiger partial charge is 0.452 e. The molecular weight excluding hydrogens is 446 g/mol. The Morgan fingerprint density at radius 1 is 0.903 bits per heavy atom. The van der Waals surface area contributed by atoms with Crippen molar-refractivity contribution in [3.8, 4) is 0 Å². The van der Waals surface area contributed by atoms with Crippen LogP contribution in [0, 0.1) is 0 Å². The number of carbonyl (C=O) groups is 3. The molecule has 2 aromatic rings. The van der Waals surface area contributed by atoms with E-state index in [-0.39, 0.29) is 16.0 Å². The van der Waals surface area contributed by atoms with Crippen LogP contribution in [0.15, 0.2) is 53.4 Å². The van der Waals surface area contributed by atoms with Gasteiger partial charge in [0.25, 0.3) is 11.8 Å². The summed E-state index contributed by atoms with van der Waals surface area (Å²) in [6, 6.07) is 11.2. The first-order valence-electron chi connectivity index (χ1n) is 9.31. The third kappa shape index (κ3) is 6.51. The zero-order valence-electron chi connectivity index (χ0n) is 16.9. The number of nitrogens with zero attached hydrogens (tertiary/aromatic N) is 1. The number of sulfonamides is 1. The van der Waals surface area contributed by atoms with Crippen LogP contribution in [0.5, 0.6) is 0 Å². The lowest BCUT2D eigenvalue weighted by Gasteiger charge is -2.18. The fourth-order valence-electron chi connectivity index (χ4n) is 2.53. The fourth-order valence-corrected chi connectivity index (χ4v) is 4.11. The van der Waals surface area contributed by atoms with Crippen LogP contribution in [0.25, 0.3) is 0 Å². The van der Waals surface area contributed by atoms with Crippen molar-refractivity contribution in [3.63, 3.8) is 0 Å². The van der Waals surface area contributed by atoms with E-state index in [0.717, 1.165) is 0 Å². The molecule has 0 atom stereocenters. The molecule has 0 saturated carbocycles. The molecule has 11 heteroatoms. The van der Waals surface area contributed by atoms with Gasteiger partial charge in [-0.25, -0.2) is 13.2 Å². The Bertz CT molecular complexity index is 1040. The third-order valence-electron chi connectivity index (χ3n) is 4.19. The molecule has 31 heavy (non-hydrogen) atoms. The van der Waals surface area contributed by atoms with Crippen LogP contribution in [0.1, 0.15) is 34.6 Å². The number of halogens is 1. The quantitative estimate of drug-likeness (QED) is 0.452. The van der Waals surface area contributed by atoms with E-state index >= 15 is 0 Å². The highest BCUT2D eigenvalue weighted by atomic mass is 35.5. The smallest absolute Gasteiger partial charge is 0.338 e. The van der Waals surface area contributed by atoms with Crippen molar-refractivity contribution in [1.29, 1.82) is 0 Å². The van der Waals surface area contributed by atoms with Crippen molar-refractivity contribution in [2.24, 2.45) is 0 Å². The van der Waals surface area contributed by atoms with E-state index in [1.165, 1.54) is 52.8 Å². The molecule has 0 aromatic heterocycles. The van der Waals surface area contributed by atoms with Gasteiger partial charge in [0.05, 0.1) is 10.5 Å². The van der Waals surface area contributed by atoms with Gasteiger partial charge in [0.15, 0.2) is 6.61 Å². The summed E-state index contributed by atoms with van der Waals surface area (Å²) >= 11 is 5.74. The Morgan fingerprint density at radius 2 is 1.45 bits per heavy atom. The lowest BCUT2D eigenvalue weighted by atomic mass is 10.2. The standard InChI is InChI=1S/C20H22ClN3O6S/c1-3-24(4-2)31(28,29)17-11-7-15(8-12-17)20(27)30-13-18(25)22-23-19(26)14-5-9-16(21)10-6-14/h5-12H,3-4,13H2,1-2H3,(H,22,25)(H,23,26). The Labute approximate surface area is 185 Å². The van der Waals surface area contributed by atoms with Crippen LogP contribution < -0.4 is 10.9 Å². The molecule has 0 heterocycles. The molecule has 0 bridgehead atoms. The predicted octanol–water partition coefficient (Wildman–Crippen LogP) is 1.99. The van der Waals surface area contributed by atoms with Gasteiger partial charge < -0.3 is 4.74 Å². The number of benzene rings is 2. The summed E-state index contributed by atoms with van der Waals surface area (Å²) in [5, 5.41) is 0.464. The van der Waals surface area contributed by atoms with Gasteiger partial charge in [-0.1, -0.05) is 25.4 Å². The summed E-state index contributed by atoms with van der Waals surface area (Å²) < 4.78 is 31.1. The minimum Gasteiger partial charge on any atom is -0.452 e. The molecule has 2 amide bonds. The molecule has 0 aliphatic carbocycles. The SMILES string of the molecule is CCN(CC)S(=O)(=O)c1ccc(C(=O)OCC(=O)NNC(=O)c2ccc(Cl)cc2)cc1. The summed E-state index contributed by atoms with van der Waals surface area (Å²) in [6.07, 6.45) is 0. The predicted molar refractivity (Wildman–Crippen MR) is 114 cm³/mol. The molecule has 2 N–H and O–H groups in total. The molecule has 0 radical (unpaired) electrons. The Morgan fingerprint density at radius 3 is 2.00 bits per heavy atom. The maximum atomic E-state index is 12.5. The first-order valence-corrected chi connectivity index (χ1v) is 11.1. The van der Waals surface area contributed by atoms with Gasteiger partial charge in [-0.05, 0) is 48.5 Å². The molecule has 0 saturated heterocycles. The number of nitrogens with one attached hydrogen (secondary N) is 2. The summed E-state index contributed by atoms with van der Waals surface area (Å²) in [6.45, 7) is 3.48. The van der Waals surface area contributed by atoms with E-state index in [1.54, 1.807) is 13.8 Å². The van der Waals surface area contributed by atoms with Crippen LogP contribution in [-0.2, 0) is 19.6 Å². The second kappa shape index (κ2) is 10.9. The van der Waals surface area contributed by atoms with Gasteiger partial charge in [0, 0.05) is 23.7 Å².